The lowest BCUT2D eigenvalue weighted by Crippen LogP contribution is -2.09. The molecule has 3 nitrogen and oxygen atoms in total. The van der Waals surface area contributed by atoms with Crippen LogP contribution in [0.5, 0.6) is 5.75 Å². The first-order valence-corrected chi connectivity index (χ1v) is 8.21. The first kappa shape index (κ1) is 13.9. The van der Waals surface area contributed by atoms with Crippen LogP contribution in [0.25, 0.3) is 6.08 Å². The van der Waals surface area contributed by atoms with Crippen LogP contribution in [0, 0.1) is 13.8 Å². The molecule has 0 spiro atoms. The Labute approximate surface area is 124 Å². The Morgan fingerprint density at radius 1 is 1.05 bits per heavy atom. The Morgan fingerprint density at radius 3 is 2.57 bits per heavy atom. The molecular weight excluding hydrogens is 284 g/mol. The average Bonchev–Trinajstić information content (AvgIpc) is 2.68. The molecule has 0 radical (unpaired) electrons. The van der Waals surface area contributed by atoms with Crippen LogP contribution >= 0.6 is 0 Å². The molecule has 0 aromatic heterocycles. The fourth-order valence-corrected chi connectivity index (χ4v) is 3.86. The van der Waals surface area contributed by atoms with Crippen molar-refractivity contribution in [1.82, 2.24) is 0 Å². The molecule has 4 heteroatoms. The van der Waals surface area contributed by atoms with Crippen molar-refractivity contribution in [2.75, 3.05) is 6.61 Å². The molecule has 0 saturated heterocycles. The molecule has 0 aliphatic carbocycles. The van der Waals surface area contributed by atoms with Crippen LogP contribution in [-0.4, -0.2) is 15.0 Å². The van der Waals surface area contributed by atoms with E-state index < -0.39 is 9.84 Å². The topological polar surface area (TPSA) is 43.4 Å². The van der Waals surface area contributed by atoms with E-state index in [4.69, 9.17) is 4.74 Å². The molecule has 0 unspecified atom stereocenters. The van der Waals surface area contributed by atoms with Gasteiger partial charge in [0.15, 0.2) is 0 Å². The summed E-state index contributed by atoms with van der Waals surface area (Å²) in [6.07, 6.45) is 1.70. The minimum atomic E-state index is -3.41. The normalized spacial score (nSPS) is 15.4. The van der Waals surface area contributed by atoms with E-state index in [0.717, 1.165) is 16.7 Å². The summed E-state index contributed by atoms with van der Waals surface area (Å²) in [5.41, 5.74) is 2.78. The van der Waals surface area contributed by atoms with E-state index in [1.54, 1.807) is 12.1 Å². The number of rotatable bonds is 3. The summed E-state index contributed by atoms with van der Waals surface area (Å²) in [4.78, 5) is 0.683. The molecule has 0 bridgehead atoms. The minimum Gasteiger partial charge on any atom is -0.488 e. The molecule has 21 heavy (non-hydrogen) atoms. The number of ether oxygens (including phenoxy) is 1. The standard InChI is InChI=1S/C17H16O3S/c1-12-7-8-17-14(9-12)10-15(21(17,18)19)11-20-16-6-4-3-5-13(16)2/h3-10H,11H2,1-2H3. The highest BCUT2D eigenvalue weighted by molar-refractivity contribution is 7.95. The lowest BCUT2D eigenvalue weighted by Gasteiger charge is -2.09. The SMILES string of the molecule is Cc1ccc2c(c1)C=C(COc1ccccc1C)S2(=O)=O. The Kier molecular flexibility index (Phi) is 3.33. The van der Waals surface area contributed by atoms with Crippen LogP contribution in [0.3, 0.4) is 0 Å². The van der Waals surface area contributed by atoms with Crippen molar-refractivity contribution in [3.05, 3.63) is 64.1 Å². The zero-order valence-electron chi connectivity index (χ0n) is 12.0. The molecule has 2 aromatic carbocycles. The lowest BCUT2D eigenvalue weighted by atomic mass is 10.1. The molecule has 0 fully saturated rings. The molecule has 1 heterocycles. The van der Waals surface area contributed by atoms with Gasteiger partial charge in [-0.05, 0) is 43.2 Å². The second kappa shape index (κ2) is 5.04. The van der Waals surface area contributed by atoms with Crippen molar-refractivity contribution in [2.24, 2.45) is 0 Å². The Bertz CT molecular complexity index is 833. The quantitative estimate of drug-likeness (QED) is 0.871. The Hall–Kier alpha value is -2.07. The van der Waals surface area contributed by atoms with E-state index in [2.05, 4.69) is 0 Å². The third kappa shape index (κ3) is 2.47. The molecule has 0 N–H and O–H groups in total. The van der Waals surface area contributed by atoms with E-state index in [0.29, 0.717) is 15.6 Å². The van der Waals surface area contributed by atoms with Crippen LogP contribution < -0.4 is 4.74 Å². The fraction of sp³-hybridized carbons (Fsp3) is 0.176. The molecule has 0 atom stereocenters. The van der Waals surface area contributed by atoms with E-state index in [1.807, 2.05) is 50.2 Å². The van der Waals surface area contributed by atoms with E-state index in [-0.39, 0.29) is 6.61 Å². The smallest absolute Gasteiger partial charge is 0.206 e. The van der Waals surface area contributed by atoms with Gasteiger partial charge in [-0.25, -0.2) is 8.42 Å². The summed E-state index contributed by atoms with van der Waals surface area (Å²) in [7, 11) is -3.41. The summed E-state index contributed by atoms with van der Waals surface area (Å²) in [5, 5.41) is 0. The van der Waals surface area contributed by atoms with Crippen molar-refractivity contribution in [3.63, 3.8) is 0 Å². The van der Waals surface area contributed by atoms with Gasteiger partial charge in [0, 0.05) is 0 Å². The third-order valence-corrected chi connectivity index (χ3v) is 5.46. The number of hydrogen-bond acceptors (Lipinski definition) is 3. The van der Waals surface area contributed by atoms with Crippen LogP contribution in [0.2, 0.25) is 0 Å². The van der Waals surface area contributed by atoms with E-state index in [1.165, 1.54) is 0 Å². The molecule has 0 amide bonds. The van der Waals surface area contributed by atoms with Gasteiger partial charge in [0.1, 0.15) is 12.4 Å². The molecule has 108 valence electrons. The maximum absolute atomic E-state index is 12.5. The van der Waals surface area contributed by atoms with Gasteiger partial charge in [-0.3, -0.25) is 0 Å². The van der Waals surface area contributed by atoms with Crippen LogP contribution in [0.15, 0.2) is 52.3 Å². The highest BCUT2D eigenvalue weighted by Crippen LogP contribution is 2.33. The maximum Gasteiger partial charge on any atom is 0.206 e. The van der Waals surface area contributed by atoms with Gasteiger partial charge in [0.2, 0.25) is 9.84 Å². The predicted molar refractivity (Wildman–Crippen MR) is 83.0 cm³/mol. The summed E-state index contributed by atoms with van der Waals surface area (Å²) >= 11 is 0. The van der Waals surface area contributed by atoms with Gasteiger partial charge < -0.3 is 4.74 Å². The molecule has 3 rings (SSSR count). The minimum absolute atomic E-state index is 0.0565. The van der Waals surface area contributed by atoms with Crippen LogP contribution in [-0.2, 0) is 9.84 Å². The van der Waals surface area contributed by atoms with Crippen LogP contribution in [0.1, 0.15) is 16.7 Å². The molecular formula is C17H16O3S. The number of fused-ring (bicyclic) bond motifs is 1. The number of para-hydroxylation sites is 1. The molecule has 1 aliphatic rings. The van der Waals surface area contributed by atoms with Crippen LogP contribution in [0.4, 0.5) is 0 Å². The van der Waals surface area contributed by atoms with Crippen molar-refractivity contribution in [1.29, 1.82) is 0 Å². The van der Waals surface area contributed by atoms with Gasteiger partial charge in [0.25, 0.3) is 0 Å². The Balaban J connectivity index is 1.88. The Morgan fingerprint density at radius 2 is 1.81 bits per heavy atom. The van der Waals surface area contributed by atoms with Gasteiger partial charge in [0.05, 0.1) is 9.80 Å². The summed E-state index contributed by atoms with van der Waals surface area (Å²) < 4.78 is 30.6. The number of benzene rings is 2. The molecule has 1 aliphatic heterocycles. The largest absolute Gasteiger partial charge is 0.488 e. The number of aryl methyl sites for hydroxylation is 2. The summed E-state index contributed by atoms with van der Waals surface area (Å²) in [6, 6.07) is 12.9. The summed E-state index contributed by atoms with van der Waals surface area (Å²) in [5.74, 6) is 0.709. The first-order valence-electron chi connectivity index (χ1n) is 6.73. The third-order valence-electron chi connectivity index (χ3n) is 3.58. The highest BCUT2D eigenvalue weighted by Gasteiger charge is 2.29. The van der Waals surface area contributed by atoms with Crippen molar-refractivity contribution in [2.45, 2.75) is 18.7 Å². The first-order chi connectivity index (χ1) is 9.98. The second-order valence-corrected chi connectivity index (χ2v) is 7.18. The van der Waals surface area contributed by atoms with Gasteiger partial charge in [-0.2, -0.15) is 0 Å². The number of hydrogen-bond donors (Lipinski definition) is 0. The lowest BCUT2D eigenvalue weighted by molar-refractivity contribution is 0.356. The monoisotopic (exact) mass is 300 g/mol. The molecule has 0 saturated carbocycles. The van der Waals surface area contributed by atoms with E-state index >= 15 is 0 Å². The average molecular weight is 300 g/mol. The fourth-order valence-electron chi connectivity index (χ4n) is 2.40. The van der Waals surface area contributed by atoms with E-state index in [9.17, 15) is 8.42 Å². The molecule has 2 aromatic rings. The number of sulfone groups is 1. The maximum atomic E-state index is 12.5. The second-order valence-electron chi connectivity index (χ2n) is 5.21. The van der Waals surface area contributed by atoms with Gasteiger partial charge in [-0.1, -0.05) is 35.9 Å². The highest BCUT2D eigenvalue weighted by atomic mass is 32.2. The van der Waals surface area contributed by atoms with Crippen molar-refractivity contribution >= 4 is 15.9 Å². The predicted octanol–water partition coefficient (Wildman–Crippen LogP) is 3.51. The van der Waals surface area contributed by atoms with Gasteiger partial charge >= 0.3 is 0 Å². The summed E-state index contributed by atoms with van der Waals surface area (Å²) in [6.45, 7) is 3.94. The zero-order chi connectivity index (χ0) is 15.0. The zero-order valence-corrected chi connectivity index (χ0v) is 12.8. The van der Waals surface area contributed by atoms with Crippen molar-refractivity contribution < 1.29 is 13.2 Å². The van der Waals surface area contributed by atoms with Gasteiger partial charge in [-0.15, -0.1) is 0 Å². The van der Waals surface area contributed by atoms with Crippen molar-refractivity contribution in [3.8, 4) is 5.75 Å².